The van der Waals surface area contributed by atoms with Gasteiger partial charge in [0.2, 0.25) is 0 Å². The largest absolute Gasteiger partial charge is 0.316 e. The molecule has 0 unspecified atom stereocenters. The molecule has 0 aliphatic rings. The third-order valence-electron chi connectivity index (χ3n) is 8.70. The molecular weight excluding hydrogens is 508 g/mol. The summed E-state index contributed by atoms with van der Waals surface area (Å²) in [6, 6.07) is 55.1. The van der Waals surface area contributed by atoms with Gasteiger partial charge in [-0.2, -0.15) is 0 Å². The molecule has 7 aromatic carbocycles. The molecule has 196 valence electrons. The molecule has 2 nitrogen and oxygen atoms in total. The highest BCUT2D eigenvalue weighted by Gasteiger charge is 2.16. The molecule has 0 aliphatic carbocycles. The molecular formula is C40H26N2. The molecule has 2 heteroatoms. The van der Waals surface area contributed by atoms with E-state index in [0.29, 0.717) is 0 Å². The first-order valence-electron chi connectivity index (χ1n) is 14.4. The Morgan fingerprint density at radius 1 is 0.357 bits per heavy atom. The van der Waals surface area contributed by atoms with Crippen LogP contribution in [-0.2, 0) is 0 Å². The van der Waals surface area contributed by atoms with Gasteiger partial charge >= 0.3 is 0 Å². The highest BCUT2D eigenvalue weighted by molar-refractivity contribution is 6.14. The number of fused-ring (bicyclic) bond motifs is 6. The molecule has 0 radical (unpaired) electrons. The van der Waals surface area contributed by atoms with Gasteiger partial charge in [0.15, 0.2) is 0 Å². The van der Waals surface area contributed by atoms with Crippen LogP contribution in [0.4, 0.5) is 0 Å². The first kappa shape index (κ1) is 23.1. The third kappa shape index (κ3) is 3.39. The van der Waals surface area contributed by atoms with Gasteiger partial charge in [-0.15, -0.1) is 0 Å². The summed E-state index contributed by atoms with van der Waals surface area (Å²) in [5.74, 6) is 0. The van der Waals surface area contributed by atoms with Crippen molar-refractivity contribution >= 4 is 54.3 Å². The average molecular weight is 535 g/mol. The van der Waals surface area contributed by atoms with Crippen molar-refractivity contribution in [1.29, 1.82) is 0 Å². The van der Waals surface area contributed by atoms with Crippen LogP contribution in [0.5, 0.6) is 0 Å². The molecule has 0 spiro atoms. The van der Waals surface area contributed by atoms with Crippen LogP contribution in [0.1, 0.15) is 0 Å². The lowest BCUT2D eigenvalue weighted by Crippen LogP contribution is -1.95. The fraction of sp³-hybridized carbons (Fsp3) is 0. The Hall–Kier alpha value is -5.60. The van der Waals surface area contributed by atoms with Crippen LogP contribution in [0, 0.1) is 0 Å². The molecule has 42 heavy (non-hydrogen) atoms. The van der Waals surface area contributed by atoms with Gasteiger partial charge in [0.05, 0.1) is 16.6 Å². The normalized spacial score (nSPS) is 11.8. The van der Waals surface area contributed by atoms with E-state index in [2.05, 4.69) is 167 Å². The molecule has 2 heterocycles. The Labute approximate surface area is 243 Å². The molecule has 0 aliphatic heterocycles. The van der Waals surface area contributed by atoms with Gasteiger partial charge in [0.25, 0.3) is 0 Å². The van der Waals surface area contributed by atoms with Gasteiger partial charge in [0.1, 0.15) is 0 Å². The highest BCUT2D eigenvalue weighted by Crippen LogP contribution is 2.39. The van der Waals surface area contributed by atoms with Crippen LogP contribution in [0.3, 0.4) is 0 Å². The summed E-state index contributed by atoms with van der Waals surface area (Å²) in [4.78, 5) is 0. The Kier molecular flexibility index (Phi) is 4.93. The number of hydrogen-bond acceptors (Lipinski definition) is 0. The van der Waals surface area contributed by atoms with E-state index >= 15 is 0 Å². The van der Waals surface area contributed by atoms with Crippen LogP contribution in [0.2, 0.25) is 0 Å². The monoisotopic (exact) mass is 534 g/mol. The van der Waals surface area contributed by atoms with E-state index in [0.717, 1.165) is 5.69 Å². The Morgan fingerprint density at radius 2 is 1.00 bits per heavy atom. The number of hydrogen-bond donors (Lipinski definition) is 0. The van der Waals surface area contributed by atoms with Crippen molar-refractivity contribution in [3.63, 3.8) is 0 Å². The van der Waals surface area contributed by atoms with Crippen molar-refractivity contribution in [3.05, 3.63) is 158 Å². The zero-order valence-corrected chi connectivity index (χ0v) is 22.9. The summed E-state index contributed by atoms with van der Waals surface area (Å²) in [5.41, 5.74) is 8.48. The van der Waals surface area contributed by atoms with Crippen molar-refractivity contribution in [3.8, 4) is 22.5 Å². The molecule has 0 fully saturated rings. The predicted molar refractivity (Wildman–Crippen MR) is 178 cm³/mol. The van der Waals surface area contributed by atoms with Crippen LogP contribution >= 0.6 is 0 Å². The number of rotatable bonds is 3. The molecule has 2 aromatic heterocycles. The van der Waals surface area contributed by atoms with Crippen LogP contribution < -0.4 is 0 Å². The lowest BCUT2D eigenvalue weighted by Gasteiger charge is -2.14. The number of benzene rings is 7. The first-order chi connectivity index (χ1) is 20.8. The number of aromatic nitrogens is 2. The summed E-state index contributed by atoms with van der Waals surface area (Å²) in [5, 5.41) is 8.88. The number of nitrogens with zero attached hydrogens (tertiary/aromatic N) is 2. The summed E-state index contributed by atoms with van der Waals surface area (Å²) in [6.07, 6.45) is 2.18. The maximum absolute atomic E-state index is 2.41. The van der Waals surface area contributed by atoms with Gasteiger partial charge in [-0.3, -0.25) is 0 Å². The van der Waals surface area contributed by atoms with Crippen molar-refractivity contribution in [2.75, 3.05) is 0 Å². The van der Waals surface area contributed by atoms with E-state index in [-0.39, 0.29) is 0 Å². The number of para-hydroxylation sites is 2. The second-order valence-corrected chi connectivity index (χ2v) is 11.0. The van der Waals surface area contributed by atoms with E-state index in [1.165, 1.54) is 71.1 Å². The first-order valence-corrected chi connectivity index (χ1v) is 14.4. The SMILES string of the molecule is c1ccc(-n2ccc3cc4c5ccccc5n(-c5ccc(-c6c7ccccc7cc7ccccc67)cc5)c4cc32)cc1. The van der Waals surface area contributed by atoms with Crippen LogP contribution in [-0.4, -0.2) is 9.13 Å². The van der Waals surface area contributed by atoms with Gasteiger partial charge in [0, 0.05) is 33.7 Å². The zero-order valence-electron chi connectivity index (χ0n) is 22.9. The molecule has 0 atom stereocenters. The smallest absolute Gasteiger partial charge is 0.0562 e. The maximum atomic E-state index is 2.41. The minimum atomic E-state index is 1.16. The quantitative estimate of drug-likeness (QED) is 0.200. The fourth-order valence-electron chi connectivity index (χ4n) is 6.79. The standard InChI is InChI=1S/C40H26N2/c1-2-12-31(13-3-1)41-23-22-30-25-36-35-16-8-9-17-37(35)42(39(36)26-38(30)41)32-20-18-27(19-21-32)40-33-14-6-4-10-28(33)24-29-11-5-7-15-34(29)40/h1-26H. The summed E-state index contributed by atoms with van der Waals surface area (Å²) in [7, 11) is 0. The van der Waals surface area contributed by atoms with Gasteiger partial charge in [-0.05, 0) is 87.3 Å². The predicted octanol–water partition coefficient (Wildman–Crippen LogP) is 10.7. The van der Waals surface area contributed by atoms with Crippen molar-refractivity contribution in [1.82, 2.24) is 9.13 Å². The summed E-state index contributed by atoms with van der Waals surface area (Å²) in [6.45, 7) is 0. The molecule has 0 N–H and O–H groups in total. The third-order valence-corrected chi connectivity index (χ3v) is 8.70. The van der Waals surface area contributed by atoms with E-state index < -0.39 is 0 Å². The van der Waals surface area contributed by atoms with Crippen LogP contribution in [0.25, 0.3) is 76.8 Å². The van der Waals surface area contributed by atoms with Crippen molar-refractivity contribution < 1.29 is 0 Å². The summed E-state index contributed by atoms with van der Waals surface area (Å²) >= 11 is 0. The molecule has 9 rings (SSSR count). The molecule has 0 saturated carbocycles. The lowest BCUT2D eigenvalue weighted by molar-refractivity contribution is 1.12. The van der Waals surface area contributed by atoms with E-state index in [1.807, 2.05) is 0 Å². The van der Waals surface area contributed by atoms with E-state index in [4.69, 9.17) is 0 Å². The van der Waals surface area contributed by atoms with Gasteiger partial charge in [-0.1, -0.05) is 97.1 Å². The van der Waals surface area contributed by atoms with Crippen molar-refractivity contribution in [2.24, 2.45) is 0 Å². The second kappa shape index (κ2) is 8.95. The minimum absolute atomic E-state index is 1.16. The molecule has 0 bridgehead atoms. The molecule has 0 saturated heterocycles. The Bertz CT molecular complexity index is 2390. The summed E-state index contributed by atoms with van der Waals surface area (Å²) < 4.78 is 4.70. The maximum Gasteiger partial charge on any atom is 0.0562 e. The minimum Gasteiger partial charge on any atom is -0.316 e. The van der Waals surface area contributed by atoms with Gasteiger partial charge < -0.3 is 9.13 Å². The van der Waals surface area contributed by atoms with Crippen molar-refractivity contribution in [2.45, 2.75) is 0 Å². The average Bonchev–Trinajstić information content (AvgIpc) is 3.61. The highest BCUT2D eigenvalue weighted by atomic mass is 15.0. The lowest BCUT2D eigenvalue weighted by atomic mass is 9.92. The zero-order chi connectivity index (χ0) is 27.6. The van der Waals surface area contributed by atoms with E-state index in [9.17, 15) is 0 Å². The fourth-order valence-corrected chi connectivity index (χ4v) is 6.79. The Morgan fingerprint density at radius 3 is 1.74 bits per heavy atom. The molecule has 0 amide bonds. The van der Waals surface area contributed by atoms with Gasteiger partial charge in [-0.25, -0.2) is 0 Å². The second-order valence-electron chi connectivity index (χ2n) is 11.0. The van der Waals surface area contributed by atoms with E-state index in [1.54, 1.807) is 0 Å². The Balaban J connectivity index is 1.28. The van der Waals surface area contributed by atoms with Crippen LogP contribution in [0.15, 0.2) is 158 Å². The topological polar surface area (TPSA) is 9.86 Å². The molecule has 9 aromatic rings.